The monoisotopic (exact) mass is 302 g/mol. The van der Waals surface area contributed by atoms with E-state index >= 15 is 0 Å². The number of hydrogen-bond acceptors (Lipinski definition) is 3. The van der Waals surface area contributed by atoms with Gasteiger partial charge in [0.25, 0.3) is 0 Å². The van der Waals surface area contributed by atoms with Crippen molar-refractivity contribution in [2.24, 2.45) is 5.73 Å². The number of likely N-dealkylation sites (tertiary alicyclic amines) is 1. The van der Waals surface area contributed by atoms with Crippen LogP contribution in [0.25, 0.3) is 0 Å². The van der Waals surface area contributed by atoms with Gasteiger partial charge in [-0.05, 0) is 24.8 Å². The Hall–Kier alpha value is -1.11. The summed E-state index contributed by atoms with van der Waals surface area (Å²) in [6.45, 7) is 0.814. The van der Waals surface area contributed by atoms with Crippen LogP contribution in [-0.4, -0.2) is 47.5 Å². The second-order valence-corrected chi connectivity index (χ2v) is 5.64. The van der Waals surface area contributed by atoms with Crippen LogP contribution in [0.3, 0.4) is 0 Å². The summed E-state index contributed by atoms with van der Waals surface area (Å²) < 4.78 is 38.4. The molecule has 3 N–H and O–H groups in total. The zero-order valence-corrected chi connectivity index (χ0v) is 11.8. The molecule has 1 aromatic carbocycles. The molecule has 1 heterocycles. The van der Waals surface area contributed by atoms with Crippen molar-refractivity contribution in [3.05, 3.63) is 35.9 Å². The summed E-state index contributed by atoms with van der Waals surface area (Å²) in [6, 6.07) is 9.76. The van der Waals surface area contributed by atoms with Crippen molar-refractivity contribution in [2.45, 2.75) is 37.1 Å². The summed E-state index contributed by atoms with van der Waals surface area (Å²) in [5.41, 5.74) is 4.35. The van der Waals surface area contributed by atoms with Crippen LogP contribution in [0, 0.1) is 0 Å². The molecular weight excluding hydrogens is 281 g/mol. The van der Waals surface area contributed by atoms with Gasteiger partial charge in [0.05, 0.1) is 0 Å². The molecule has 0 bridgehead atoms. The lowest BCUT2D eigenvalue weighted by atomic mass is 9.89. The zero-order valence-electron chi connectivity index (χ0n) is 11.8. The molecule has 3 nitrogen and oxygen atoms in total. The van der Waals surface area contributed by atoms with Crippen molar-refractivity contribution in [3.8, 4) is 0 Å². The third-order valence-electron chi connectivity index (χ3n) is 4.26. The van der Waals surface area contributed by atoms with Crippen LogP contribution in [0.15, 0.2) is 30.3 Å². The molecule has 0 aromatic heterocycles. The summed E-state index contributed by atoms with van der Waals surface area (Å²) in [4.78, 5) is 1.95. The number of aliphatic hydroxyl groups is 1. The highest BCUT2D eigenvalue weighted by Crippen LogP contribution is 2.38. The maximum atomic E-state index is 12.8. The highest BCUT2D eigenvalue weighted by Gasteiger charge is 2.54. The molecule has 0 amide bonds. The fraction of sp³-hybridized carbons (Fsp3) is 0.600. The number of piperidine rings is 1. The summed E-state index contributed by atoms with van der Waals surface area (Å²) in [7, 11) is 0. The number of nitrogens with zero attached hydrogens (tertiary/aromatic N) is 1. The maximum Gasteiger partial charge on any atom is 0.417 e. The minimum absolute atomic E-state index is 0.00480. The zero-order chi connectivity index (χ0) is 15.5. The van der Waals surface area contributed by atoms with Crippen molar-refractivity contribution in [2.75, 3.05) is 19.6 Å². The Morgan fingerprint density at radius 2 is 1.76 bits per heavy atom. The van der Waals surface area contributed by atoms with Crippen LogP contribution in [-0.2, 0) is 6.42 Å². The average molecular weight is 302 g/mol. The van der Waals surface area contributed by atoms with Crippen molar-refractivity contribution in [1.82, 2.24) is 4.90 Å². The Balaban J connectivity index is 1.97. The van der Waals surface area contributed by atoms with Crippen molar-refractivity contribution in [1.29, 1.82) is 0 Å². The van der Waals surface area contributed by atoms with E-state index in [0.29, 0.717) is 13.0 Å². The number of nitrogens with two attached hydrogens (primary N) is 1. The molecule has 2 rings (SSSR count). The molecule has 1 aliphatic heterocycles. The first-order chi connectivity index (χ1) is 9.86. The van der Waals surface area contributed by atoms with Crippen LogP contribution in [0.4, 0.5) is 13.2 Å². The predicted octanol–water partition coefficient (Wildman–Crippen LogP) is 1.95. The first-order valence-corrected chi connectivity index (χ1v) is 7.13. The van der Waals surface area contributed by atoms with Crippen LogP contribution in [0.2, 0.25) is 0 Å². The second-order valence-electron chi connectivity index (χ2n) is 5.64. The van der Waals surface area contributed by atoms with E-state index < -0.39 is 11.8 Å². The third-order valence-corrected chi connectivity index (χ3v) is 4.26. The van der Waals surface area contributed by atoms with Gasteiger partial charge in [-0.3, -0.25) is 4.90 Å². The Morgan fingerprint density at radius 1 is 1.19 bits per heavy atom. The van der Waals surface area contributed by atoms with E-state index in [0.717, 1.165) is 5.56 Å². The van der Waals surface area contributed by atoms with Gasteiger partial charge in [0.2, 0.25) is 0 Å². The number of halogens is 3. The highest BCUT2D eigenvalue weighted by molar-refractivity contribution is 5.16. The van der Waals surface area contributed by atoms with Gasteiger partial charge >= 0.3 is 6.18 Å². The molecule has 0 spiro atoms. The van der Waals surface area contributed by atoms with Gasteiger partial charge < -0.3 is 10.8 Å². The normalized spacial score (nSPS) is 21.2. The Kier molecular flexibility index (Phi) is 4.91. The summed E-state index contributed by atoms with van der Waals surface area (Å²) in [5, 5.41) is 9.69. The van der Waals surface area contributed by atoms with Gasteiger partial charge in [-0.1, -0.05) is 30.3 Å². The number of benzene rings is 1. The van der Waals surface area contributed by atoms with E-state index in [1.807, 2.05) is 35.2 Å². The number of rotatable bonds is 4. The number of hydrogen-bond donors (Lipinski definition) is 2. The summed E-state index contributed by atoms with van der Waals surface area (Å²) >= 11 is 0. The second kappa shape index (κ2) is 6.34. The lowest BCUT2D eigenvalue weighted by Gasteiger charge is -2.42. The SMILES string of the molecule is NC[C@H](Cc1ccccc1)N1CCC(O)(C(F)(F)F)CC1. The molecule has 6 heteroatoms. The fourth-order valence-electron chi connectivity index (χ4n) is 2.79. The molecule has 0 radical (unpaired) electrons. The summed E-state index contributed by atoms with van der Waals surface area (Å²) in [6.07, 6.45) is -4.43. The van der Waals surface area contributed by atoms with E-state index in [1.54, 1.807) is 0 Å². The van der Waals surface area contributed by atoms with Gasteiger partial charge in [0.15, 0.2) is 5.60 Å². The highest BCUT2D eigenvalue weighted by atomic mass is 19.4. The third kappa shape index (κ3) is 3.75. The number of alkyl halides is 3. The molecule has 1 atom stereocenters. The fourth-order valence-corrected chi connectivity index (χ4v) is 2.79. The minimum atomic E-state index is -4.56. The molecule has 0 unspecified atom stereocenters. The van der Waals surface area contributed by atoms with Gasteiger partial charge in [-0.25, -0.2) is 0 Å². The molecule has 0 aliphatic carbocycles. The first-order valence-electron chi connectivity index (χ1n) is 7.13. The molecule has 1 aliphatic rings. The Morgan fingerprint density at radius 3 is 2.24 bits per heavy atom. The largest absolute Gasteiger partial charge is 0.417 e. The van der Waals surface area contributed by atoms with Crippen molar-refractivity contribution >= 4 is 0 Å². The molecule has 1 aromatic rings. The molecule has 21 heavy (non-hydrogen) atoms. The molecule has 1 saturated heterocycles. The Labute approximate surface area is 122 Å². The molecule has 118 valence electrons. The molecular formula is C15H21F3N2O. The topological polar surface area (TPSA) is 49.5 Å². The van der Waals surface area contributed by atoms with E-state index in [9.17, 15) is 18.3 Å². The standard InChI is InChI=1S/C15H21F3N2O/c16-15(17,18)14(21)6-8-20(9-7-14)13(11-19)10-12-4-2-1-3-5-12/h1-5,13,21H,6-11,19H2/t13-/m0/s1. The lowest BCUT2D eigenvalue weighted by Crippen LogP contribution is -2.56. The van der Waals surface area contributed by atoms with E-state index in [-0.39, 0.29) is 32.0 Å². The van der Waals surface area contributed by atoms with Crippen molar-refractivity contribution < 1.29 is 18.3 Å². The lowest BCUT2D eigenvalue weighted by molar-refractivity contribution is -0.273. The summed E-state index contributed by atoms with van der Waals surface area (Å²) in [5.74, 6) is 0. The van der Waals surface area contributed by atoms with E-state index in [1.165, 1.54) is 0 Å². The van der Waals surface area contributed by atoms with Gasteiger partial charge in [-0.15, -0.1) is 0 Å². The van der Waals surface area contributed by atoms with Crippen LogP contribution < -0.4 is 5.73 Å². The molecule has 1 fully saturated rings. The quantitative estimate of drug-likeness (QED) is 0.894. The van der Waals surface area contributed by atoms with Gasteiger partial charge in [0, 0.05) is 25.7 Å². The predicted molar refractivity (Wildman–Crippen MR) is 74.8 cm³/mol. The van der Waals surface area contributed by atoms with E-state index in [4.69, 9.17) is 5.73 Å². The van der Waals surface area contributed by atoms with Crippen molar-refractivity contribution in [3.63, 3.8) is 0 Å². The van der Waals surface area contributed by atoms with Gasteiger partial charge in [-0.2, -0.15) is 13.2 Å². The molecule has 0 saturated carbocycles. The van der Waals surface area contributed by atoms with Gasteiger partial charge in [0.1, 0.15) is 0 Å². The van der Waals surface area contributed by atoms with E-state index in [2.05, 4.69) is 0 Å². The van der Waals surface area contributed by atoms with Crippen LogP contribution in [0.5, 0.6) is 0 Å². The Bertz CT molecular complexity index is 442. The smallest absolute Gasteiger partial charge is 0.380 e. The van der Waals surface area contributed by atoms with Crippen LogP contribution >= 0.6 is 0 Å². The minimum Gasteiger partial charge on any atom is -0.380 e. The van der Waals surface area contributed by atoms with Crippen LogP contribution in [0.1, 0.15) is 18.4 Å². The first kappa shape index (κ1) is 16.3. The maximum absolute atomic E-state index is 12.8. The average Bonchev–Trinajstić information content (AvgIpc) is 2.46.